The molecule has 2 atom stereocenters. The molecule has 1 rings (SSSR count). The largest absolute Gasteiger partial charge is 0.497 e. The first kappa shape index (κ1) is 17.8. The van der Waals surface area contributed by atoms with Crippen molar-refractivity contribution in [2.24, 2.45) is 0 Å². The van der Waals surface area contributed by atoms with Gasteiger partial charge in [0.25, 0.3) is 0 Å². The summed E-state index contributed by atoms with van der Waals surface area (Å²) >= 11 is 0. The van der Waals surface area contributed by atoms with Gasteiger partial charge in [0.05, 0.1) is 19.3 Å². The van der Waals surface area contributed by atoms with Crippen LogP contribution in [0.2, 0.25) is 0 Å². The molecular formula is C15H22F3NO2. The number of rotatable bonds is 8. The molecule has 0 saturated carbocycles. The van der Waals surface area contributed by atoms with Crippen molar-refractivity contribution in [3.05, 3.63) is 29.8 Å². The molecule has 120 valence electrons. The Labute approximate surface area is 123 Å². The molecule has 0 fully saturated rings. The van der Waals surface area contributed by atoms with Crippen LogP contribution in [0.25, 0.3) is 0 Å². The average molecular weight is 305 g/mol. The number of hydrogen-bond donors (Lipinski definition) is 1. The zero-order valence-electron chi connectivity index (χ0n) is 12.5. The molecule has 1 N–H and O–H groups in total. The third kappa shape index (κ3) is 6.35. The molecule has 0 heterocycles. The van der Waals surface area contributed by atoms with Crippen molar-refractivity contribution < 1.29 is 22.6 Å². The Kier molecular flexibility index (Phi) is 6.98. The molecule has 1 aromatic rings. The number of alkyl halides is 3. The van der Waals surface area contributed by atoms with E-state index >= 15 is 0 Å². The Morgan fingerprint density at radius 1 is 1.19 bits per heavy atom. The molecule has 0 aliphatic rings. The molecule has 0 radical (unpaired) electrons. The SMILES string of the molecule is CNC(c1ccc(OC)cc1)C(C)OCCCC(F)(F)F. The maximum Gasteiger partial charge on any atom is 0.389 e. The van der Waals surface area contributed by atoms with Gasteiger partial charge in [0.1, 0.15) is 5.75 Å². The molecule has 0 aromatic heterocycles. The third-order valence-electron chi connectivity index (χ3n) is 3.24. The number of likely N-dealkylation sites (N-methyl/N-ethyl adjacent to an activating group) is 1. The third-order valence-corrected chi connectivity index (χ3v) is 3.24. The van der Waals surface area contributed by atoms with Crippen molar-refractivity contribution >= 4 is 0 Å². The Hall–Kier alpha value is -1.27. The van der Waals surface area contributed by atoms with Gasteiger partial charge in [0.2, 0.25) is 0 Å². The van der Waals surface area contributed by atoms with Crippen LogP contribution in [0.4, 0.5) is 13.2 Å². The number of ether oxygens (including phenoxy) is 2. The molecule has 0 amide bonds. The topological polar surface area (TPSA) is 30.5 Å². The van der Waals surface area contributed by atoms with Gasteiger partial charge in [-0.05, 0) is 38.1 Å². The summed E-state index contributed by atoms with van der Waals surface area (Å²) in [6.07, 6.45) is -5.18. The number of halogens is 3. The lowest BCUT2D eigenvalue weighted by atomic mass is 10.0. The van der Waals surface area contributed by atoms with E-state index in [1.54, 1.807) is 14.2 Å². The molecule has 0 aliphatic heterocycles. The monoisotopic (exact) mass is 305 g/mol. The van der Waals surface area contributed by atoms with Crippen LogP contribution in [0.5, 0.6) is 5.75 Å². The van der Waals surface area contributed by atoms with E-state index in [0.29, 0.717) is 0 Å². The zero-order valence-corrected chi connectivity index (χ0v) is 12.5. The minimum absolute atomic E-state index is 0.0209. The van der Waals surface area contributed by atoms with Crippen molar-refractivity contribution in [1.82, 2.24) is 5.32 Å². The van der Waals surface area contributed by atoms with Gasteiger partial charge < -0.3 is 14.8 Å². The highest BCUT2D eigenvalue weighted by molar-refractivity contribution is 5.29. The predicted molar refractivity (Wildman–Crippen MR) is 75.5 cm³/mol. The lowest BCUT2D eigenvalue weighted by Crippen LogP contribution is -2.30. The van der Waals surface area contributed by atoms with Crippen molar-refractivity contribution in [1.29, 1.82) is 0 Å². The highest BCUT2D eigenvalue weighted by Crippen LogP contribution is 2.24. The first-order chi connectivity index (χ1) is 9.87. The minimum atomic E-state index is -4.12. The Bertz CT molecular complexity index is 406. The van der Waals surface area contributed by atoms with E-state index in [2.05, 4.69) is 5.32 Å². The quantitative estimate of drug-likeness (QED) is 0.743. The molecule has 0 saturated heterocycles. The summed E-state index contributed by atoms with van der Waals surface area (Å²) in [5, 5.41) is 3.12. The molecule has 0 spiro atoms. The van der Waals surface area contributed by atoms with Crippen LogP contribution >= 0.6 is 0 Å². The van der Waals surface area contributed by atoms with Gasteiger partial charge in [-0.1, -0.05) is 12.1 Å². The Morgan fingerprint density at radius 2 is 1.81 bits per heavy atom. The normalized spacial score (nSPS) is 14.8. The number of hydrogen-bond acceptors (Lipinski definition) is 3. The lowest BCUT2D eigenvalue weighted by Gasteiger charge is -2.24. The van der Waals surface area contributed by atoms with Gasteiger partial charge in [-0.15, -0.1) is 0 Å². The molecule has 21 heavy (non-hydrogen) atoms. The molecule has 1 aromatic carbocycles. The lowest BCUT2D eigenvalue weighted by molar-refractivity contribution is -0.139. The fraction of sp³-hybridized carbons (Fsp3) is 0.600. The summed E-state index contributed by atoms with van der Waals surface area (Å²) in [6, 6.07) is 7.43. The maximum atomic E-state index is 12.1. The van der Waals surface area contributed by atoms with Crippen molar-refractivity contribution in [3.63, 3.8) is 0 Å². The van der Waals surface area contributed by atoms with Crippen LogP contribution in [-0.4, -0.2) is 33.0 Å². The van der Waals surface area contributed by atoms with E-state index in [1.807, 2.05) is 31.2 Å². The molecule has 0 aliphatic carbocycles. The van der Waals surface area contributed by atoms with Crippen molar-refractivity contribution in [3.8, 4) is 5.75 Å². The number of methoxy groups -OCH3 is 1. The Balaban J connectivity index is 2.50. The smallest absolute Gasteiger partial charge is 0.389 e. The second-order valence-corrected chi connectivity index (χ2v) is 4.83. The number of benzene rings is 1. The van der Waals surface area contributed by atoms with E-state index in [4.69, 9.17) is 9.47 Å². The minimum Gasteiger partial charge on any atom is -0.497 e. The van der Waals surface area contributed by atoms with E-state index < -0.39 is 12.6 Å². The standard InChI is InChI=1S/C15H22F3NO2/c1-11(21-10-4-9-15(16,17)18)14(19-2)12-5-7-13(20-3)8-6-12/h5-8,11,14,19H,4,9-10H2,1-3H3. The van der Waals surface area contributed by atoms with Gasteiger partial charge in [0.15, 0.2) is 0 Å². The van der Waals surface area contributed by atoms with Crippen LogP contribution in [0.15, 0.2) is 24.3 Å². The highest BCUT2D eigenvalue weighted by Gasteiger charge is 2.26. The molecule has 0 bridgehead atoms. The predicted octanol–water partition coefficient (Wildman–Crippen LogP) is 3.70. The number of nitrogens with one attached hydrogen (secondary N) is 1. The summed E-state index contributed by atoms with van der Waals surface area (Å²) in [5.74, 6) is 0.757. The average Bonchev–Trinajstić information content (AvgIpc) is 2.44. The van der Waals surface area contributed by atoms with Gasteiger partial charge >= 0.3 is 6.18 Å². The zero-order chi connectivity index (χ0) is 15.9. The Morgan fingerprint density at radius 3 is 2.29 bits per heavy atom. The molecule has 6 heteroatoms. The summed E-state index contributed by atoms with van der Waals surface area (Å²) in [6.45, 7) is 1.94. The fourth-order valence-corrected chi connectivity index (χ4v) is 2.12. The molecule has 2 unspecified atom stereocenters. The van der Waals surface area contributed by atoms with Gasteiger partial charge in [-0.3, -0.25) is 0 Å². The van der Waals surface area contributed by atoms with Crippen LogP contribution < -0.4 is 10.1 Å². The van der Waals surface area contributed by atoms with E-state index in [9.17, 15) is 13.2 Å². The van der Waals surface area contributed by atoms with Crippen LogP contribution in [0, 0.1) is 0 Å². The second-order valence-electron chi connectivity index (χ2n) is 4.83. The van der Waals surface area contributed by atoms with Crippen LogP contribution in [0.3, 0.4) is 0 Å². The highest BCUT2D eigenvalue weighted by atomic mass is 19.4. The molecule has 3 nitrogen and oxygen atoms in total. The van der Waals surface area contributed by atoms with E-state index in [1.165, 1.54) is 0 Å². The van der Waals surface area contributed by atoms with Gasteiger partial charge in [0, 0.05) is 13.0 Å². The van der Waals surface area contributed by atoms with Crippen molar-refractivity contribution in [2.45, 2.75) is 38.1 Å². The van der Waals surface area contributed by atoms with E-state index in [0.717, 1.165) is 11.3 Å². The van der Waals surface area contributed by atoms with Gasteiger partial charge in [-0.2, -0.15) is 13.2 Å². The van der Waals surface area contributed by atoms with E-state index in [-0.39, 0.29) is 25.2 Å². The van der Waals surface area contributed by atoms with Crippen LogP contribution in [0.1, 0.15) is 31.4 Å². The summed E-state index contributed by atoms with van der Waals surface area (Å²) in [7, 11) is 3.39. The maximum absolute atomic E-state index is 12.1. The summed E-state index contributed by atoms with van der Waals surface area (Å²) in [4.78, 5) is 0. The fourth-order valence-electron chi connectivity index (χ4n) is 2.12. The summed E-state index contributed by atoms with van der Waals surface area (Å²) < 4.78 is 46.8. The first-order valence-corrected chi connectivity index (χ1v) is 6.87. The first-order valence-electron chi connectivity index (χ1n) is 6.87. The van der Waals surface area contributed by atoms with Crippen LogP contribution in [-0.2, 0) is 4.74 Å². The van der Waals surface area contributed by atoms with Gasteiger partial charge in [-0.25, -0.2) is 0 Å². The molecular weight excluding hydrogens is 283 g/mol. The summed E-state index contributed by atoms with van der Waals surface area (Å²) in [5.41, 5.74) is 1.00. The second kappa shape index (κ2) is 8.24. The van der Waals surface area contributed by atoms with Crippen molar-refractivity contribution in [2.75, 3.05) is 20.8 Å².